The van der Waals surface area contributed by atoms with Crippen molar-refractivity contribution in [2.75, 3.05) is 13.2 Å². The predicted octanol–water partition coefficient (Wildman–Crippen LogP) is 0.832. The smallest absolute Gasteiger partial charge is 0.297 e. The minimum Gasteiger partial charge on any atom is -0.544 e. The molecule has 0 spiro atoms. The first-order valence-electron chi connectivity index (χ1n) is 13.4. The van der Waals surface area contributed by atoms with E-state index in [9.17, 15) is 28.8 Å². The van der Waals surface area contributed by atoms with Gasteiger partial charge in [-0.25, -0.2) is 0 Å². The summed E-state index contributed by atoms with van der Waals surface area (Å²) in [5.74, 6) is -0.988. The minimum atomic E-state index is -4.16. The molecule has 0 aliphatic carbocycles. The fourth-order valence-corrected chi connectivity index (χ4v) is 5.48. The van der Waals surface area contributed by atoms with E-state index in [1.807, 2.05) is 37.3 Å². The van der Waals surface area contributed by atoms with Crippen LogP contribution in [0.25, 0.3) is 0 Å². The molecule has 0 aromatic heterocycles. The van der Waals surface area contributed by atoms with Gasteiger partial charge >= 0.3 is 0 Å². The van der Waals surface area contributed by atoms with Gasteiger partial charge in [-0.05, 0) is 39.0 Å². The van der Waals surface area contributed by atoms with Crippen LogP contribution in [0, 0.1) is 20.5 Å². The number of hydrogen-bond acceptors (Lipinski definition) is 12. The third-order valence-corrected chi connectivity index (χ3v) is 8.23. The van der Waals surface area contributed by atoms with Gasteiger partial charge < -0.3 is 44.1 Å². The Bertz CT molecular complexity index is 1240. The molecule has 43 heavy (non-hydrogen) atoms. The molecule has 5 rings (SSSR count). The third kappa shape index (κ3) is 9.49. The fraction of sp³-hybridized carbons (Fsp3) is 0.517. The summed E-state index contributed by atoms with van der Waals surface area (Å²) < 4.78 is 58.3. The van der Waals surface area contributed by atoms with Crippen molar-refractivity contribution in [2.45, 2.75) is 86.6 Å². The number of hydrogen-bond donors (Lipinski definition) is 4. The zero-order valence-electron chi connectivity index (χ0n) is 24.1. The number of aryl methyl sites for hydroxylation is 1. The second-order valence-corrected chi connectivity index (χ2v) is 12.4. The molecule has 9 atom stereocenters. The summed E-state index contributed by atoms with van der Waals surface area (Å²) in [4.78, 5) is -0.0682. The van der Waals surface area contributed by atoms with Gasteiger partial charge in [-0.1, -0.05) is 23.8 Å². The van der Waals surface area contributed by atoms with Crippen LogP contribution < -0.4 is 0 Å². The topological polar surface area (TPSA) is 170 Å². The Balaban J connectivity index is 0.000000556. The first-order valence-corrected chi connectivity index (χ1v) is 14.8. The monoisotopic (exact) mass is 699 g/mol. The van der Waals surface area contributed by atoms with Gasteiger partial charge in [0.25, 0.3) is 10.1 Å². The molecule has 3 saturated heterocycles. The van der Waals surface area contributed by atoms with Crippen molar-refractivity contribution >= 4 is 10.1 Å². The van der Waals surface area contributed by atoms with E-state index >= 15 is 0 Å². The second-order valence-electron chi connectivity index (χ2n) is 10.7. The molecule has 12 nitrogen and oxygen atoms in total. The normalized spacial score (nSPS) is 33.7. The summed E-state index contributed by atoms with van der Waals surface area (Å²) in [6.07, 6.45) is -11.8. The summed E-state index contributed by atoms with van der Waals surface area (Å²) in [5, 5.41) is 41.8. The van der Waals surface area contributed by atoms with Crippen LogP contribution in [0.2, 0.25) is 0 Å². The molecule has 9 unspecified atom stereocenters. The number of aliphatic hydroxyl groups is 4. The number of fused-ring (bicyclic) bond motifs is 1. The van der Waals surface area contributed by atoms with Gasteiger partial charge in [0.15, 0.2) is 12.1 Å². The van der Waals surface area contributed by atoms with E-state index in [0.29, 0.717) is 0 Å². The Labute approximate surface area is 277 Å². The van der Waals surface area contributed by atoms with Gasteiger partial charge in [-0.15, -0.1) is 12.1 Å². The molecule has 3 aliphatic rings. The van der Waals surface area contributed by atoms with Gasteiger partial charge in [0.1, 0.15) is 30.5 Å². The van der Waals surface area contributed by atoms with E-state index in [1.165, 1.54) is 12.1 Å². The van der Waals surface area contributed by atoms with Gasteiger partial charge in [0.2, 0.25) is 0 Å². The van der Waals surface area contributed by atoms with Crippen LogP contribution in [0.3, 0.4) is 0 Å². The molecule has 0 amide bonds. The van der Waals surface area contributed by atoms with Gasteiger partial charge in [-0.3, -0.25) is 4.18 Å². The summed E-state index contributed by atoms with van der Waals surface area (Å²) in [6, 6.07) is 15.9. The van der Waals surface area contributed by atoms with Crippen molar-refractivity contribution in [3.63, 3.8) is 0 Å². The quantitative estimate of drug-likeness (QED) is 0.248. The van der Waals surface area contributed by atoms with Crippen LogP contribution in [0.15, 0.2) is 59.5 Å². The SMILES string of the molecule is Cc1ccc(S(=O)(=O)OCC2O[CH-]C(O)C(O)C2OC2OC3COC(C)(C)OC3C(O)C2O)cc1.[CH2-]c1ccccc1.[Y]. The zero-order chi connectivity index (χ0) is 30.7. The molecule has 237 valence electrons. The molecule has 1 radical (unpaired) electrons. The molecule has 3 fully saturated rings. The first-order chi connectivity index (χ1) is 19.8. The summed E-state index contributed by atoms with van der Waals surface area (Å²) >= 11 is 0. The molecule has 2 aromatic rings. The molecular weight excluding hydrogens is 661 g/mol. The molecule has 0 saturated carbocycles. The Hall–Kier alpha value is -1.04. The van der Waals surface area contributed by atoms with E-state index in [1.54, 1.807) is 26.0 Å². The molecule has 3 aliphatic heterocycles. The molecular formula is C29H38O12SY-2. The minimum absolute atomic E-state index is 0. The van der Waals surface area contributed by atoms with Crippen LogP contribution in [0.5, 0.6) is 0 Å². The number of ether oxygens (including phenoxy) is 5. The van der Waals surface area contributed by atoms with Crippen LogP contribution >= 0.6 is 0 Å². The largest absolute Gasteiger partial charge is 0.544 e. The Kier molecular flexibility index (Phi) is 13.1. The first kappa shape index (κ1) is 36.4. The molecule has 3 heterocycles. The zero-order valence-corrected chi connectivity index (χ0v) is 27.8. The summed E-state index contributed by atoms with van der Waals surface area (Å²) in [6.45, 7) is 9.26. The average Bonchev–Trinajstić information content (AvgIpc) is 2.94. The van der Waals surface area contributed by atoms with Crippen LogP contribution in [-0.2, 0) is 70.7 Å². The van der Waals surface area contributed by atoms with E-state index in [2.05, 4.69) is 6.92 Å². The van der Waals surface area contributed by atoms with E-state index in [-0.39, 0.29) is 44.2 Å². The van der Waals surface area contributed by atoms with Crippen LogP contribution in [-0.4, -0.2) is 103 Å². The van der Waals surface area contributed by atoms with Crippen molar-refractivity contribution in [3.8, 4) is 0 Å². The van der Waals surface area contributed by atoms with Crippen LogP contribution in [0.4, 0.5) is 0 Å². The third-order valence-electron chi connectivity index (χ3n) is 6.93. The molecule has 0 bridgehead atoms. The average molecular weight is 700 g/mol. The van der Waals surface area contributed by atoms with Crippen molar-refractivity contribution in [1.29, 1.82) is 0 Å². The van der Waals surface area contributed by atoms with E-state index < -0.39 is 77.6 Å². The number of benzene rings is 2. The maximum absolute atomic E-state index is 12.6. The van der Waals surface area contributed by atoms with Crippen LogP contribution in [0.1, 0.15) is 25.0 Å². The van der Waals surface area contributed by atoms with Crippen molar-refractivity contribution < 1.29 is 89.4 Å². The van der Waals surface area contributed by atoms with Crippen molar-refractivity contribution in [2.24, 2.45) is 0 Å². The Morgan fingerprint density at radius 2 is 1.65 bits per heavy atom. The summed E-state index contributed by atoms with van der Waals surface area (Å²) in [7, 11) is -4.16. The standard InChI is InChI=1S/C22H31O12S.C7H7.Y/c1-11-4-6-12(7-5-11)35(27,28)31-10-14-19(16(24)13(23)8-29-14)33-21-18(26)17(25)20-15(32-21)9-30-22(2,3)34-20;1-7-5-3-2-4-6-7;/h4-8,13-21,23-26H,9-10H2,1-3H3;2-6H,1H2;/q2*-1;. The van der Waals surface area contributed by atoms with Gasteiger partial charge in [-0.2, -0.15) is 39.6 Å². The summed E-state index contributed by atoms with van der Waals surface area (Å²) in [5.41, 5.74) is 1.94. The maximum atomic E-state index is 12.6. The molecule has 4 N–H and O–H groups in total. The van der Waals surface area contributed by atoms with Gasteiger partial charge in [0.05, 0.1) is 30.3 Å². The fourth-order valence-electron chi connectivity index (χ4n) is 4.56. The van der Waals surface area contributed by atoms with Crippen molar-refractivity contribution in [1.82, 2.24) is 0 Å². The van der Waals surface area contributed by atoms with Crippen molar-refractivity contribution in [3.05, 3.63) is 79.3 Å². The maximum Gasteiger partial charge on any atom is 0.297 e. The Morgan fingerprint density at radius 1 is 1.00 bits per heavy atom. The van der Waals surface area contributed by atoms with E-state index in [4.69, 9.17) is 27.9 Å². The molecule has 2 aromatic carbocycles. The van der Waals surface area contributed by atoms with Gasteiger partial charge in [0, 0.05) is 32.7 Å². The second kappa shape index (κ2) is 15.5. The Morgan fingerprint density at radius 3 is 2.26 bits per heavy atom. The number of aliphatic hydroxyl groups excluding tert-OH is 4. The number of rotatable bonds is 6. The molecule has 14 heteroatoms. The van der Waals surface area contributed by atoms with E-state index in [0.717, 1.165) is 17.7 Å². The predicted molar refractivity (Wildman–Crippen MR) is 147 cm³/mol.